The summed E-state index contributed by atoms with van der Waals surface area (Å²) >= 11 is 2.09. The maximum Gasteiger partial charge on any atom is 0.174 e. The number of aromatic nitrogens is 4. The molecule has 0 saturated heterocycles. The molecule has 2 heterocycles. The van der Waals surface area contributed by atoms with Crippen LogP contribution in [0.15, 0.2) is 6.33 Å². The van der Waals surface area contributed by atoms with Gasteiger partial charge in [0, 0.05) is 0 Å². The zero-order valence-electron chi connectivity index (χ0n) is 6.32. The molecular formula is C6H6IN5. The number of halogens is 1. The lowest BCUT2D eigenvalue weighted by Gasteiger charge is -1.96. The molecule has 62 valence electrons. The fourth-order valence-corrected chi connectivity index (χ4v) is 1.47. The number of nitrogens with zero attached hydrogens (tertiary/aromatic N) is 4. The van der Waals surface area contributed by atoms with Gasteiger partial charge in [-0.15, -0.1) is 0 Å². The van der Waals surface area contributed by atoms with Crippen molar-refractivity contribution >= 4 is 39.8 Å². The molecule has 0 saturated carbocycles. The molecule has 0 aliphatic rings. The molecule has 6 heteroatoms. The Morgan fingerprint density at radius 2 is 2.25 bits per heavy atom. The van der Waals surface area contributed by atoms with E-state index >= 15 is 0 Å². The first-order chi connectivity index (χ1) is 5.68. The van der Waals surface area contributed by atoms with Gasteiger partial charge in [0.2, 0.25) is 0 Å². The number of anilines is 1. The molecular weight excluding hydrogens is 269 g/mol. The van der Waals surface area contributed by atoms with Gasteiger partial charge in [-0.25, -0.2) is 15.0 Å². The van der Waals surface area contributed by atoms with Crippen LogP contribution in [-0.4, -0.2) is 17.7 Å². The van der Waals surface area contributed by atoms with E-state index in [-0.39, 0.29) is 0 Å². The molecule has 2 rings (SSSR count). The fourth-order valence-electron chi connectivity index (χ4n) is 1.01. The third-order valence-electron chi connectivity index (χ3n) is 1.49. The molecule has 2 N–H and O–H groups in total. The number of hydrogen-bond donors (Lipinski definition) is 1. The van der Waals surface area contributed by atoms with Gasteiger partial charge in [0.05, 0.1) is 22.9 Å². The van der Waals surface area contributed by atoms with Gasteiger partial charge in [0.1, 0.15) is 12.2 Å². The number of aryl methyl sites for hydroxylation is 1. The van der Waals surface area contributed by atoms with Crippen molar-refractivity contribution in [2.45, 2.75) is 6.92 Å². The fraction of sp³-hybridized carbons (Fsp3) is 0.167. The summed E-state index contributed by atoms with van der Waals surface area (Å²) in [5, 5.41) is 0. The number of imidazole rings is 1. The second-order valence-corrected chi connectivity index (χ2v) is 3.42. The first-order valence-corrected chi connectivity index (χ1v) is 4.28. The van der Waals surface area contributed by atoms with E-state index in [1.807, 2.05) is 0 Å². The Morgan fingerprint density at radius 1 is 1.50 bits per heavy atom. The van der Waals surface area contributed by atoms with E-state index < -0.39 is 0 Å². The minimum Gasteiger partial charge on any atom is -0.382 e. The number of nitrogens with two attached hydrogens (primary N) is 1. The van der Waals surface area contributed by atoms with Gasteiger partial charge in [0.25, 0.3) is 0 Å². The Kier molecular flexibility index (Phi) is 1.63. The number of rotatable bonds is 0. The number of fused-ring (bicyclic) bond motifs is 1. The third-order valence-corrected chi connectivity index (χ3v) is 2.20. The lowest BCUT2D eigenvalue weighted by molar-refractivity contribution is 1.08. The summed E-state index contributed by atoms with van der Waals surface area (Å²) in [5.74, 6) is 1.10. The predicted molar refractivity (Wildman–Crippen MR) is 53.9 cm³/mol. The molecule has 0 fully saturated rings. The molecule has 2 aromatic rings. The summed E-state index contributed by atoms with van der Waals surface area (Å²) in [5.41, 5.74) is 7.07. The SMILES string of the molecule is Cc1nc(N)c2ncn(I)c2n1. The Balaban J connectivity index is 2.92. The maximum atomic E-state index is 5.64. The van der Waals surface area contributed by atoms with Crippen molar-refractivity contribution in [3.8, 4) is 0 Å². The van der Waals surface area contributed by atoms with Crippen molar-refractivity contribution in [1.29, 1.82) is 0 Å². The van der Waals surface area contributed by atoms with Crippen LogP contribution in [0, 0.1) is 6.92 Å². The van der Waals surface area contributed by atoms with Crippen LogP contribution in [0.2, 0.25) is 0 Å². The average molecular weight is 275 g/mol. The Morgan fingerprint density at radius 3 is 3.00 bits per heavy atom. The van der Waals surface area contributed by atoms with E-state index in [1.165, 1.54) is 0 Å². The third kappa shape index (κ3) is 1.02. The quantitative estimate of drug-likeness (QED) is 0.726. The monoisotopic (exact) mass is 275 g/mol. The van der Waals surface area contributed by atoms with Crippen molar-refractivity contribution in [2.75, 3.05) is 5.73 Å². The van der Waals surface area contributed by atoms with Crippen molar-refractivity contribution in [3.63, 3.8) is 0 Å². The summed E-state index contributed by atoms with van der Waals surface area (Å²) in [6, 6.07) is 0. The van der Waals surface area contributed by atoms with Gasteiger partial charge in [-0.2, -0.15) is 0 Å². The summed E-state index contributed by atoms with van der Waals surface area (Å²) in [7, 11) is 0. The average Bonchev–Trinajstić information content (AvgIpc) is 2.33. The standard InChI is InChI=1S/C6H6IN5/c1-3-10-5(8)4-6(11-3)12(7)2-9-4/h2H,1H3,(H2,8,10,11). The highest BCUT2D eigenvalue weighted by Crippen LogP contribution is 2.16. The van der Waals surface area contributed by atoms with Crippen molar-refractivity contribution in [1.82, 2.24) is 17.7 Å². The van der Waals surface area contributed by atoms with Crippen molar-refractivity contribution in [2.24, 2.45) is 0 Å². The molecule has 0 atom stereocenters. The van der Waals surface area contributed by atoms with Crippen molar-refractivity contribution in [3.05, 3.63) is 12.2 Å². The molecule has 0 aliphatic carbocycles. The second kappa shape index (κ2) is 2.54. The van der Waals surface area contributed by atoms with E-state index in [9.17, 15) is 0 Å². The first-order valence-electron chi connectivity index (χ1n) is 3.32. The van der Waals surface area contributed by atoms with Crippen LogP contribution in [-0.2, 0) is 0 Å². The van der Waals surface area contributed by atoms with Crippen LogP contribution >= 0.6 is 22.9 Å². The smallest absolute Gasteiger partial charge is 0.174 e. The van der Waals surface area contributed by atoms with Gasteiger partial charge < -0.3 is 5.73 Å². The molecule has 0 unspecified atom stereocenters. The second-order valence-electron chi connectivity index (χ2n) is 2.38. The first kappa shape index (κ1) is 7.71. The molecule has 0 amide bonds. The summed E-state index contributed by atoms with van der Waals surface area (Å²) < 4.78 is 1.79. The molecule has 0 aliphatic heterocycles. The molecule has 2 aromatic heterocycles. The van der Waals surface area contributed by atoms with Crippen LogP contribution in [0.1, 0.15) is 5.82 Å². The summed E-state index contributed by atoms with van der Waals surface area (Å²) in [6.07, 6.45) is 1.66. The van der Waals surface area contributed by atoms with Crippen molar-refractivity contribution < 1.29 is 0 Å². The van der Waals surface area contributed by atoms with Crippen LogP contribution in [0.3, 0.4) is 0 Å². The van der Waals surface area contributed by atoms with Gasteiger partial charge in [-0.05, 0) is 6.92 Å². The zero-order chi connectivity index (χ0) is 8.72. The Labute approximate surface area is 82.5 Å². The minimum absolute atomic E-state index is 0.438. The minimum atomic E-state index is 0.438. The highest BCUT2D eigenvalue weighted by Gasteiger charge is 2.06. The van der Waals surface area contributed by atoms with Crippen LogP contribution in [0.4, 0.5) is 5.82 Å². The maximum absolute atomic E-state index is 5.64. The lowest BCUT2D eigenvalue weighted by atomic mass is 10.5. The van der Waals surface area contributed by atoms with Crippen LogP contribution in [0.5, 0.6) is 0 Å². The van der Waals surface area contributed by atoms with E-state index in [1.54, 1.807) is 16.0 Å². The molecule has 0 spiro atoms. The van der Waals surface area contributed by atoms with E-state index in [4.69, 9.17) is 5.73 Å². The molecule has 0 bridgehead atoms. The molecule has 12 heavy (non-hydrogen) atoms. The van der Waals surface area contributed by atoms with E-state index in [0.29, 0.717) is 17.2 Å². The van der Waals surface area contributed by atoms with Gasteiger partial charge in [-0.1, -0.05) is 0 Å². The normalized spacial score (nSPS) is 10.8. The largest absolute Gasteiger partial charge is 0.382 e. The Hall–Kier alpha value is -0.920. The highest BCUT2D eigenvalue weighted by atomic mass is 127. The van der Waals surface area contributed by atoms with Gasteiger partial charge in [-0.3, -0.25) is 2.78 Å². The molecule has 0 aromatic carbocycles. The predicted octanol–water partition coefficient (Wildman–Crippen LogP) is 0.915. The summed E-state index contributed by atoms with van der Waals surface area (Å²) in [6.45, 7) is 1.80. The van der Waals surface area contributed by atoms with Gasteiger partial charge in [0.15, 0.2) is 17.0 Å². The van der Waals surface area contributed by atoms with E-state index in [2.05, 4.69) is 37.8 Å². The summed E-state index contributed by atoms with van der Waals surface area (Å²) in [4.78, 5) is 12.3. The Bertz CT molecular complexity index is 435. The number of nitrogen functional groups attached to an aromatic ring is 1. The molecule has 5 nitrogen and oxygen atoms in total. The lowest BCUT2D eigenvalue weighted by Crippen LogP contribution is -1.97. The van der Waals surface area contributed by atoms with Gasteiger partial charge >= 0.3 is 0 Å². The van der Waals surface area contributed by atoms with Crippen LogP contribution < -0.4 is 5.73 Å². The van der Waals surface area contributed by atoms with Crippen LogP contribution in [0.25, 0.3) is 11.2 Å². The molecule has 0 radical (unpaired) electrons. The zero-order valence-corrected chi connectivity index (χ0v) is 8.48. The van der Waals surface area contributed by atoms with E-state index in [0.717, 1.165) is 5.65 Å². The topological polar surface area (TPSA) is 69.6 Å². The number of hydrogen-bond acceptors (Lipinski definition) is 4. The highest BCUT2D eigenvalue weighted by molar-refractivity contribution is 14.1.